The van der Waals surface area contributed by atoms with Crippen molar-refractivity contribution in [1.29, 1.82) is 0 Å². The number of H-pyrrole nitrogens is 1. The van der Waals surface area contributed by atoms with Crippen LogP contribution in [0, 0.1) is 0 Å². The third kappa shape index (κ3) is 5.64. The van der Waals surface area contributed by atoms with Crippen molar-refractivity contribution in [3.63, 3.8) is 0 Å². The standard InChI is InChI=1S/C29H29N3O5/c1-29(2,17-30-28(35)23-15-18-7-5-6-8-22(18)27(34)32-23)20-10-12-21(13-11-20)31-26(33)19-9-14-24(36-3)25(16-19)37-4/h5-16H,17H2,1-4H3,(H,30,35)(H,31,33)(H,32,34). The van der Waals surface area contributed by atoms with E-state index in [4.69, 9.17) is 9.47 Å². The number of aromatic amines is 1. The molecular weight excluding hydrogens is 470 g/mol. The first-order valence-electron chi connectivity index (χ1n) is 11.8. The molecule has 0 fully saturated rings. The number of anilines is 1. The van der Waals surface area contributed by atoms with E-state index >= 15 is 0 Å². The summed E-state index contributed by atoms with van der Waals surface area (Å²) in [7, 11) is 3.06. The molecular formula is C29H29N3O5. The minimum atomic E-state index is -0.404. The average Bonchev–Trinajstić information content (AvgIpc) is 2.91. The summed E-state index contributed by atoms with van der Waals surface area (Å²) in [6, 6.07) is 21.2. The zero-order valence-electron chi connectivity index (χ0n) is 21.2. The van der Waals surface area contributed by atoms with Gasteiger partial charge in [0.1, 0.15) is 5.69 Å². The van der Waals surface area contributed by atoms with Crippen molar-refractivity contribution >= 4 is 28.3 Å². The van der Waals surface area contributed by atoms with Gasteiger partial charge in [0.15, 0.2) is 11.5 Å². The van der Waals surface area contributed by atoms with Gasteiger partial charge in [-0.15, -0.1) is 0 Å². The van der Waals surface area contributed by atoms with E-state index in [9.17, 15) is 14.4 Å². The van der Waals surface area contributed by atoms with Crippen molar-refractivity contribution in [2.75, 3.05) is 26.1 Å². The van der Waals surface area contributed by atoms with E-state index in [1.165, 1.54) is 14.2 Å². The Bertz CT molecular complexity index is 1510. The van der Waals surface area contributed by atoms with Crippen LogP contribution in [-0.2, 0) is 5.41 Å². The molecule has 190 valence electrons. The zero-order chi connectivity index (χ0) is 26.6. The van der Waals surface area contributed by atoms with Gasteiger partial charge in [-0.3, -0.25) is 14.4 Å². The van der Waals surface area contributed by atoms with Crippen LogP contribution in [-0.4, -0.2) is 37.6 Å². The molecule has 0 spiro atoms. The van der Waals surface area contributed by atoms with Crippen LogP contribution >= 0.6 is 0 Å². The molecule has 0 unspecified atom stereocenters. The molecule has 0 saturated carbocycles. The van der Waals surface area contributed by atoms with Crippen LogP contribution < -0.4 is 25.7 Å². The minimum absolute atomic E-state index is 0.215. The second-order valence-electron chi connectivity index (χ2n) is 9.27. The lowest BCUT2D eigenvalue weighted by Crippen LogP contribution is -2.37. The molecule has 0 bridgehead atoms. The van der Waals surface area contributed by atoms with E-state index in [0.29, 0.717) is 40.1 Å². The Morgan fingerprint density at radius 3 is 2.27 bits per heavy atom. The fourth-order valence-electron chi connectivity index (χ4n) is 4.02. The smallest absolute Gasteiger partial charge is 0.267 e. The van der Waals surface area contributed by atoms with Crippen molar-refractivity contribution < 1.29 is 19.1 Å². The third-order valence-electron chi connectivity index (χ3n) is 6.26. The maximum absolute atomic E-state index is 12.8. The molecule has 0 radical (unpaired) electrons. The number of carbonyl (C=O) groups excluding carboxylic acids is 2. The lowest BCUT2D eigenvalue weighted by molar-refractivity contribution is 0.0940. The summed E-state index contributed by atoms with van der Waals surface area (Å²) in [5, 5.41) is 7.04. The molecule has 8 nitrogen and oxygen atoms in total. The third-order valence-corrected chi connectivity index (χ3v) is 6.26. The van der Waals surface area contributed by atoms with Gasteiger partial charge >= 0.3 is 0 Å². The van der Waals surface area contributed by atoms with Crippen molar-refractivity contribution in [1.82, 2.24) is 10.3 Å². The molecule has 0 atom stereocenters. The normalized spacial score (nSPS) is 11.1. The number of carbonyl (C=O) groups is 2. The van der Waals surface area contributed by atoms with E-state index in [1.54, 1.807) is 42.5 Å². The molecule has 1 aromatic heterocycles. The molecule has 0 saturated heterocycles. The number of fused-ring (bicyclic) bond motifs is 1. The number of benzene rings is 3. The summed E-state index contributed by atoms with van der Waals surface area (Å²) in [5.74, 6) is 0.395. The summed E-state index contributed by atoms with van der Waals surface area (Å²) >= 11 is 0. The molecule has 2 amide bonds. The number of pyridine rings is 1. The maximum atomic E-state index is 12.8. The Morgan fingerprint density at radius 1 is 0.865 bits per heavy atom. The molecule has 4 aromatic rings. The first-order chi connectivity index (χ1) is 17.7. The van der Waals surface area contributed by atoms with Gasteiger partial charge in [0.05, 0.1) is 14.2 Å². The molecule has 0 aliphatic carbocycles. The number of ether oxygens (including phenoxy) is 2. The summed E-state index contributed by atoms with van der Waals surface area (Å²) < 4.78 is 10.5. The van der Waals surface area contributed by atoms with Crippen LogP contribution in [0.3, 0.4) is 0 Å². The molecule has 4 rings (SSSR count). The molecule has 37 heavy (non-hydrogen) atoms. The first kappa shape index (κ1) is 25.5. The van der Waals surface area contributed by atoms with Crippen LogP contribution in [0.25, 0.3) is 10.8 Å². The van der Waals surface area contributed by atoms with E-state index in [-0.39, 0.29) is 23.1 Å². The van der Waals surface area contributed by atoms with E-state index in [0.717, 1.165) is 5.56 Å². The van der Waals surface area contributed by atoms with E-state index in [1.807, 2.05) is 44.2 Å². The van der Waals surface area contributed by atoms with Gasteiger partial charge in [-0.1, -0.05) is 44.2 Å². The van der Waals surface area contributed by atoms with Crippen molar-refractivity contribution in [3.05, 3.63) is 100.0 Å². The second kappa shape index (κ2) is 10.6. The molecule has 1 heterocycles. The largest absolute Gasteiger partial charge is 0.493 e. The number of aromatic nitrogens is 1. The van der Waals surface area contributed by atoms with Gasteiger partial charge in [0.2, 0.25) is 0 Å². The number of amides is 2. The summed E-state index contributed by atoms with van der Waals surface area (Å²) in [5.41, 5.74) is 1.57. The molecule has 3 N–H and O–H groups in total. The molecule has 0 aliphatic rings. The molecule has 8 heteroatoms. The van der Waals surface area contributed by atoms with Crippen LogP contribution in [0.1, 0.15) is 40.3 Å². The predicted molar refractivity (Wildman–Crippen MR) is 144 cm³/mol. The van der Waals surface area contributed by atoms with Crippen LogP contribution in [0.4, 0.5) is 5.69 Å². The van der Waals surface area contributed by atoms with Crippen LogP contribution in [0.2, 0.25) is 0 Å². The predicted octanol–water partition coefficient (Wildman–Crippen LogP) is 4.51. The highest BCUT2D eigenvalue weighted by Crippen LogP contribution is 2.28. The summed E-state index contributed by atoms with van der Waals surface area (Å²) in [6.45, 7) is 4.36. The SMILES string of the molecule is COc1ccc(C(=O)Nc2ccc(C(C)(C)CNC(=O)c3cc4ccccc4c(=O)[nH]3)cc2)cc1OC. The number of hydrogen-bond acceptors (Lipinski definition) is 5. The second-order valence-corrected chi connectivity index (χ2v) is 9.27. The van der Waals surface area contributed by atoms with Crippen LogP contribution in [0.15, 0.2) is 77.6 Å². The summed E-state index contributed by atoms with van der Waals surface area (Å²) in [4.78, 5) is 40.4. The Kier molecular flexibility index (Phi) is 7.29. The van der Waals surface area contributed by atoms with Gasteiger partial charge < -0.3 is 25.1 Å². The Morgan fingerprint density at radius 2 is 1.57 bits per heavy atom. The fourth-order valence-corrected chi connectivity index (χ4v) is 4.02. The van der Waals surface area contributed by atoms with Crippen molar-refractivity contribution in [2.24, 2.45) is 0 Å². The Balaban J connectivity index is 1.41. The highest BCUT2D eigenvalue weighted by molar-refractivity contribution is 6.04. The topological polar surface area (TPSA) is 110 Å². The fraction of sp³-hybridized carbons (Fsp3) is 0.207. The molecule has 3 aromatic carbocycles. The monoisotopic (exact) mass is 499 g/mol. The Labute approximate surface area is 214 Å². The van der Waals surface area contributed by atoms with Crippen molar-refractivity contribution in [3.8, 4) is 11.5 Å². The summed E-state index contributed by atoms with van der Waals surface area (Å²) in [6.07, 6.45) is 0. The van der Waals surface area contributed by atoms with Gasteiger partial charge in [0, 0.05) is 28.6 Å². The van der Waals surface area contributed by atoms with E-state index < -0.39 is 5.41 Å². The van der Waals surface area contributed by atoms with Gasteiger partial charge in [-0.05, 0) is 53.4 Å². The number of rotatable bonds is 8. The highest BCUT2D eigenvalue weighted by Gasteiger charge is 2.22. The maximum Gasteiger partial charge on any atom is 0.267 e. The highest BCUT2D eigenvalue weighted by atomic mass is 16.5. The average molecular weight is 500 g/mol. The van der Waals surface area contributed by atoms with Gasteiger partial charge in [0.25, 0.3) is 17.4 Å². The lowest BCUT2D eigenvalue weighted by atomic mass is 9.84. The number of hydrogen-bond donors (Lipinski definition) is 3. The van der Waals surface area contributed by atoms with E-state index in [2.05, 4.69) is 15.6 Å². The first-order valence-corrected chi connectivity index (χ1v) is 11.8. The number of nitrogens with one attached hydrogen (secondary N) is 3. The number of methoxy groups -OCH3 is 2. The van der Waals surface area contributed by atoms with Gasteiger partial charge in [-0.25, -0.2) is 0 Å². The quantitative estimate of drug-likeness (QED) is 0.331. The Hall–Kier alpha value is -4.59. The minimum Gasteiger partial charge on any atom is -0.493 e. The lowest BCUT2D eigenvalue weighted by Gasteiger charge is -2.26. The molecule has 0 aliphatic heterocycles. The van der Waals surface area contributed by atoms with Crippen LogP contribution in [0.5, 0.6) is 11.5 Å². The van der Waals surface area contributed by atoms with Crippen molar-refractivity contribution in [2.45, 2.75) is 19.3 Å². The van der Waals surface area contributed by atoms with Gasteiger partial charge in [-0.2, -0.15) is 0 Å². The zero-order valence-corrected chi connectivity index (χ0v) is 21.2.